The highest BCUT2D eigenvalue weighted by Gasteiger charge is 2.55. The number of thiazole rings is 1. The van der Waals surface area contributed by atoms with Crippen LogP contribution in [0.25, 0.3) is 0 Å². The molecule has 2 fully saturated rings. The molecule has 0 aromatic carbocycles. The molecule has 0 spiro atoms. The van der Waals surface area contributed by atoms with E-state index in [1.807, 2.05) is 0 Å². The second-order valence-corrected chi connectivity index (χ2v) is 9.99. The van der Waals surface area contributed by atoms with Crippen molar-refractivity contribution in [1.29, 1.82) is 0 Å². The molecule has 0 aliphatic carbocycles. The van der Waals surface area contributed by atoms with Gasteiger partial charge < -0.3 is 25.7 Å². The van der Waals surface area contributed by atoms with Gasteiger partial charge in [-0.15, -0.1) is 34.9 Å². The number of fused-ring (bicyclic) bond motifs is 1. The minimum absolute atomic E-state index is 0.155. The lowest BCUT2D eigenvalue weighted by Crippen LogP contribution is -2.71. The maximum Gasteiger partial charge on any atom is 0.353 e. The topological polar surface area (TPSA) is 174 Å². The maximum absolute atomic E-state index is 12.8. The number of cyclic esters (lactones) is 1. The van der Waals surface area contributed by atoms with E-state index in [0.717, 1.165) is 28.0 Å². The van der Waals surface area contributed by atoms with E-state index < -0.39 is 40.4 Å². The molecule has 3 atom stereocenters. The van der Waals surface area contributed by atoms with Gasteiger partial charge in [0.05, 0.1) is 6.61 Å². The third-order valence-electron chi connectivity index (χ3n) is 4.76. The number of nitrogens with zero attached hydrogens (tertiary/aromatic N) is 3. The standard InChI is InChI=1S/C17H17N5O7S3/c1-28-21-9(6-4-31-17(18)19-6)12(23)20-10-13(24)22-11(15(25)26)8(5-30-14(10)22)32-7-2-3-29-16(7)27/h4,7,10,14H,2-3,5H2,1H3,(H2,18,19)(H,20,23)(H,25,26)/t7?,10-,14+/m1/s1. The number of carboxylic acids is 1. The van der Waals surface area contributed by atoms with E-state index in [1.165, 1.54) is 24.3 Å². The summed E-state index contributed by atoms with van der Waals surface area (Å²) in [6.45, 7) is 0.286. The van der Waals surface area contributed by atoms with Gasteiger partial charge in [-0.25, -0.2) is 9.78 Å². The number of ether oxygens (including phenoxy) is 1. The minimum atomic E-state index is -1.28. The number of β-lactam (4-membered cyclic amide) rings is 1. The fourth-order valence-electron chi connectivity index (χ4n) is 3.34. The zero-order valence-corrected chi connectivity index (χ0v) is 18.9. The number of rotatable bonds is 7. The zero-order valence-electron chi connectivity index (χ0n) is 16.5. The van der Waals surface area contributed by atoms with Crippen LogP contribution in [0.4, 0.5) is 5.13 Å². The summed E-state index contributed by atoms with van der Waals surface area (Å²) in [6.07, 6.45) is 0.476. The van der Waals surface area contributed by atoms with Crippen molar-refractivity contribution in [2.75, 3.05) is 25.2 Å². The summed E-state index contributed by atoms with van der Waals surface area (Å²) in [4.78, 5) is 59.5. The molecule has 0 radical (unpaired) electrons. The predicted octanol–water partition coefficient (Wildman–Crippen LogP) is -0.179. The van der Waals surface area contributed by atoms with Crippen LogP contribution in [-0.4, -0.2) is 80.6 Å². The van der Waals surface area contributed by atoms with Crippen molar-refractivity contribution in [3.63, 3.8) is 0 Å². The van der Waals surface area contributed by atoms with Crippen molar-refractivity contribution >= 4 is 69.5 Å². The average molecular weight is 500 g/mol. The molecule has 0 bridgehead atoms. The molecule has 12 nitrogen and oxygen atoms in total. The van der Waals surface area contributed by atoms with Crippen LogP contribution in [0.2, 0.25) is 0 Å². The Balaban J connectivity index is 1.51. The van der Waals surface area contributed by atoms with Crippen LogP contribution in [0.3, 0.4) is 0 Å². The molecular formula is C17H17N5O7S3. The van der Waals surface area contributed by atoms with Gasteiger partial charge in [-0.2, -0.15) is 0 Å². The van der Waals surface area contributed by atoms with Crippen molar-refractivity contribution in [3.05, 3.63) is 21.7 Å². The number of aromatic nitrogens is 1. The first kappa shape index (κ1) is 22.4. The number of nitrogen functional groups attached to an aromatic ring is 1. The Morgan fingerprint density at radius 2 is 2.25 bits per heavy atom. The highest BCUT2D eigenvalue weighted by molar-refractivity contribution is 8.07. The number of esters is 1. The summed E-state index contributed by atoms with van der Waals surface area (Å²) in [5.41, 5.74) is 5.47. The number of nitrogens with two attached hydrogens (primary N) is 1. The molecule has 2 amide bonds. The minimum Gasteiger partial charge on any atom is -0.477 e. The van der Waals surface area contributed by atoms with Crippen LogP contribution in [0.15, 0.2) is 21.1 Å². The first-order valence-electron chi connectivity index (χ1n) is 9.19. The number of anilines is 1. The Morgan fingerprint density at radius 3 is 2.84 bits per heavy atom. The summed E-state index contributed by atoms with van der Waals surface area (Å²) in [6, 6.07) is -0.956. The Morgan fingerprint density at radius 1 is 1.47 bits per heavy atom. The Kier molecular flexibility index (Phi) is 6.30. The third-order valence-corrected chi connectivity index (χ3v) is 8.23. The van der Waals surface area contributed by atoms with Crippen molar-refractivity contribution in [2.24, 2.45) is 5.16 Å². The average Bonchev–Trinajstić information content (AvgIpc) is 3.37. The second kappa shape index (κ2) is 8.99. The SMILES string of the molecule is CON=C(C(=O)N[C@@H]1C(=O)N2C(C(=O)O)=C(SC3CCOC3=O)CS[C@@H]12)c1csc(N)n1. The molecule has 1 aromatic rings. The predicted molar refractivity (Wildman–Crippen MR) is 117 cm³/mol. The molecule has 4 rings (SSSR count). The zero-order chi connectivity index (χ0) is 23.0. The van der Waals surface area contributed by atoms with Crippen molar-refractivity contribution in [2.45, 2.75) is 23.1 Å². The van der Waals surface area contributed by atoms with Crippen LogP contribution in [0, 0.1) is 0 Å². The highest BCUT2D eigenvalue weighted by Crippen LogP contribution is 2.45. The van der Waals surface area contributed by atoms with Crippen LogP contribution in [-0.2, 0) is 28.8 Å². The number of hydrogen-bond donors (Lipinski definition) is 3. The molecule has 1 unspecified atom stereocenters. The monoisotopic (exact) mass is 499 g/mol. The lowest BCUT2D eigenvalue weighted by molar-refractivity contribution is -0.150. The quantitative estimate of drug-likeness (QED) is 0.196. The lowest BCUT2D eigenvalue weighted by Gasteiger charge is -2.49. The van der Waals surface area contributed by atoms with E-state index in [0.29, 0.717) is 11.3 Å². The van der Waals surface area contributed by atoms with E-state index in [-0.39, 0.29) is 34.6 Å². The number of nitrogens with one attached hydrogen (secondary N) is 1. The molecule has 3 aliphatic rings. The molecule has 1 aromatic heterocycles. The summed E-state index contributed by atoms with van der Waals surface area (Å²) in [7, 11) is 1.26. The van der Waals surface area contributed by atoms with Gasteiger partial charge in [0.1, 0.15) is 35.2 Å². The van der Waals surface area contributed by atoms with Crippen molar-refractivity contribution < 1.29 is 33.9 Å². The van der Waals surface area contributed by atoms with E-state index in [1.54, 1.807) is 0 Å². The molecule has 0 saturated carbocycles. The second-order valence-electron chi connectivity index (χ2n) is 6.69. The number of hydrogen-bond acceptors (Lipinski definition) is 12. The number of thioether (sulfide) groups is 2. The molecule has 15 heteroatoms. The fraction of sp³-hybridized carbons (Fsp3) is 0.412. The molecule has 2 saturated heterocycles. The first-order valence-corrected chi connectivity index (χ1v) is 12.0. The normalized spacial score (nSPS) is 25.2. The Labute approximate surface area is 193 Å². The molecule has 3 aliphatic heterocycles. The summed E-state index contributed by atoms with van der Waals surface area (Å²) < 4.78 is 4.93. The number of amides is 2. The van der Waals surface area contributed by atoms with Gasteiger partial charge in [0.15, 0.2) is 10.8 Å². The van der Waals surface area contributed by atoms with Crippen LogP contribution in [0.1, 0.15) is 12.1 Å². The van der Waals surface area contributed by atoms with Gasteiger partial charge >= 0.3 is 11.9 Å². The summed E-state index contributed by atoms with van der Waals surface area (Å²) in [5.74, 6) is -2.67. The summed E-state index contributed by atoms with van der Waals surface area (Å²) in [5, 5.41) is 16.6. The number of aliphatic carboxylic acids is 1. The van der Waals surface area contributed by atoms with Crippen LogP contribution >= 0.6 is 34.9 Å². The number of carbonyl (C=O) groups excluding carboxylic acids is 3. The van der Waals surface area contributed by atoms with Gasteiger partial charge in [0.2, 0.25) is 0 Å². The third kappa shape index (κ3) is 4.02. The molecule has 4 N–H and O–H groups in total. The summed E-state index contributed by atoms with van der Waals surface area (Å²) >= 11 is 3.52. The largest absolute Gasteiger partial charge is 0.477 e. The van der Waals surface area contributed by atoms with Gasteiger partial charge in [0, 0.05) is 22.5 Å². The Bertz CT molecular complexity index is 1060. The van der Waals surface area contributed by atoms with Gasteiger partial charge in [0.25, 0.3) is 11.8 Å². The van der Waals surface area contributed by atoms with E-state index in [9.17, 15) is 24.3 Å². The van der Waals surface area contributed by atoms with Crippen molar-refractivity contribution in [3.8, 4) is 0 Å². The molecule has 32 heavy (non-hydrogen) atoms. The van der Waals surface area contributed by atoms with E-state index in [2.05, 4.69) is 15.5 Å². The lowest BCUT2D eigenvalue weighted by atomic mass is 10.0. The van der Waals surface area contributed by atoms with Crippen LogP contribution < -0.4 is 11.1 Å². The first-order chi connectivity index (χ1) is 15.3. The van der Waals surface area contributed by atoms with Gasteiger partial charge in [-0.3, -0.25) is 19.3 Å². The van der Waals surface area contributed by atoms with E-state index in [4.69, 9.17) is 15.3 Å². The molecular weight excluding hydrogens is 482 g/mol. The van der Waals surface area contributed by atoms with Crippen LogP contribution in [0.5, 0.6) is 0 Å². The molecule has 4 heterocycles. The van der Waals surface area contributed by atoms with Gasteiger partial charge in [-0.05, 0) is 0 Å². The maximum atomic E-state index is 12.8. The highest BCUT2D eigenvalue weighted by atomic mass is 32.2. The van der Waals surface area contributed by atoms with Crippen molar-refractivity contribution in [1.82, 2.24) is 15.2 Å². The van der Waals surface area contributed by atoms with E-state index >= 15 is 0 Å². The molecule has 170 valence electrons. The number of carbonyl (C=O) groups is 4. The fourth-order valence-corrected chi connectivity index (χ4v) is 6.58. The smallest absolute Gasteiger partial charge is 0.353 e. The number of oxime groups is 1. The number of carboxylic acid groups (broad SMARTS) is 1. The Hall–Kier alpha value is -2.78. The van der Waals surface area contributed by atoms with Gasteiger partial charge in [-0.1, -0.05) is 5.16 Å².